The molecule has 1 fully saturated rings. The Morgan fingerprint density at radius 1 is 0.882 bits per heavy atom. The van der Waals surface area contributed by atoms with Crippen LogP contribution >= 0.6 is 0 Å². The number of nitrogens with two attached hydrogens (primary N) is 1. The summed E-state index contributed by atoms with van der Waals surface area (Å²) in [6.45, 7) is 2.23. The number of piperidine rings is 1. The van der Waals surface area contributed by atoms with Crippen LogP contribution in [0.1, 0.15) is 28.9 Å². The summed E-state index contributed by atoms with van der Waals surface area (Å²) >= 11 is 0. The summed E-state index contributed by atoms with van der Waals surface area (Å²) in [4.78, 5) is 27.0. The summed E-state index contributed by atoms with van der Waals surface area (Å²) in [5.74, 6) is -0.373. The molecule has 2 amide bonds. The lowest BCUT2D eigenvalue weighted by molar-refractivity contribution is -0.122. The smallest absolute Gasteiger partial charge is 0.272 e. The first-order valence-corrected chi connectivity index (χ1v) is 11.7. The van der Waals surface area contributed by atoms with Crippen LogP contribution in [-0.4, -0.2) is 29.5 Å². The first-order valence-electron chi connectivity index (χ1n) is 11.7. The minimum absolute atomic E-state index is 0.0301. The second-order valence-corrected chi connectivity index (χ2v) is 8.82. The monoisotopic (exact) mass is 452 g/mol. The van der Waals surface area contributed by atoms with E-state index < -0.39 is 0 Å². The van der Waals surface area contributed by atoms with Crippen LogP contribution in [0.25, 0.3) is 10.9 Å². The average molecular weight is 453 g/mol. The van der Waals surface area contributed by atoms with Gasteiger partial charge in [-0.1, -0.05) is 48.5 Å². The zero-order valence-electron chi connectivity index (χ0n) is 19.0. The fraction of sp³-hybridized carbons (Fsp3) is 0.214. The van der Waals surface area contributed by atoms with Crippen LogP contribution in [0.3, 0.4) is 0 Å². The van der Waals surface area contributed by atoms with E-state index in [1.807, 2.05) is 72.8 Å². The van der Waals surface area contributed by atoms with Crippen molar-refractivity contribution in [1.82, 2.24) is 4.57 Å². The van der Waals surface area contributed by atoms with Gasteiger partial charge in [0.1, 0.15) is 5.69 Å². The summed E-state index contributed by atoms with van der Waals surface area (Å²) in [6.07, 6.45) is 1.56. The highest BCUT2D eigenvalue weighted by Crippen LogP contribution is 2.26. The maximum absolute atomic E-state index is 13.3. The molecule has 0 aliphatic carbocycles. The van der Waals surface area contributed by atoms with Crippen LogP contribution in [0.2, 0.25) is 0 Å². The fourth-order valence-electron chi connectivity index (χ4n) is 4.71. The molecule has 0 spiro atoms. The Kier molecular flexibility index (Phi) is 6.04. The molecule has 0 bridgehead atoms. The number of aromatic nitrogens is 1. The number of hydrogen-bond donors (Lipinski definition) is 2. The molecule has 0 atom stereocenters. The molecule has 6 heteroatoms. The van der Waals surface area contributed by atoms with Crippen molar-refractivity contribution >= 4 is 34.1 Å². The largest absolute Gasteiger partial charge is 0.371 e. The first kappa shape index (κ1) is 21.8. The van der Waals surface area contributed by atoms with Gasteiger partial charge < -0.3 is 20.5 Å². The maximum Gasteiger partial charge on any atom is 0.272 e. The first-order chi connectivity index (χ1) is 16.6. The highest BCUT2D eigenvalue weighted by Gasteiger charge is 2.23. The lowest BCUT2D eigenvalue weighted by atomic mass is 9.96. The molecular weight excluding hydrogens is 424 g/mol. The highest BCUT2D eigenvalue weighted by molar-refractivity contribution is 6.06. The van der Waals surface area contributed by atoms with Crippen LogP contribution in [-0.2, 0) is 11.3 Å². The van der Waals surface area contributed by atoms with Crippen molar-refractivity contribution in [2.45, 2.75) is 19.4 Å². The van der Waals surface area contributed by atoms with E-state index in [1.165, 1.54) is 0 Å². The molecule has 1 aromatic heterocycles. The van der Waals surface area contributed by atoms with E-state index in [9.17, 15) is 9.59 Å². The van der Waals surface area contributed by atoms with Gasteiger partial charge in [0.15, 0.2) is 0 Å². The average Bonchev–Trinajstić information content (AvgIpc) is 3.24. The Morgan fingerprint density at radius 3 is 2.26 bits per heavy atom. The van der Waals surface area contributed by atoms with Crippen LogP contribution in [0.4, 0.5) is 11.4 Å². The minimum atomic E-state index is -0.206. The van der Waals surface area contributed by atoms with Crippen LogP contribution in [0.5, 0.6) is 0 Å². The molecule has 0 radical (unpaired) electrons. The summed E-state index contributed by atoms with van der Waals surface area (Å²) < 4.78 is 2.07. The molecule has 0 saturated carbocycles. The molecule has 1 aliphatic rings. The van der Waals surface area contributed by atoms with E-state index in [-0.39, 0.29) is 17.7 Å². The third kappa shape index (κ3) is 4.53. The second kappa shape index (κ2) is 9.43. The van der Waals surface area contributed by atoms with E-state index in [2.05, 4.69) is 26.9 Å². The zero-order valence-corrected chi connectivity index (χ0v) is 19.0. The third-order valence-electron chi connectivity index (χ3n) is 6.61. The standard InChI is InChI=1S/C28H28N4O2/c29-27(33)21-14-16-31(17-15-21)24-12-10-23(11-13-24)30-28(34)26-18-22-8-4-5-9-25(22)32(26)19-20-6-2-1-3-7-20/h1-13,18,21H,14-17,19H2,(H2,29,33)(H,30,34). The van der Waals surface area contributed by atoms with E-state index in [1.54, 1.807) is 0 Å². The fourth-order valence-corrected chi connectivity index (χ4v) is 4.71. The van der Waals surface area contributed by atoms with Gasteiger partial charge in [0.2, 0.25) is 5.91 Å². The molecule has 172 valence electrons. The number of carbonyl (C=O) groups excluding carboxylic acids is 2. The molecule has 5 rings (SSSR count). The van der Waals surface area contributed by atoms with Crippen molar-refractivity contribution in [3.05, 3.63) is 96.2 Å². The molecule has 1 saturated heterocycles. The molecule has 0 unspecified atom stereocenters. The SMILES string of the molecule is NC(=O)C1CCN(c2ccc(NC(=O)c3cc4ccccc4n3Cc3ccccc3)cc2)CC1. The molecular formula is C28H28N4O2. The number of para-hydroxylation sites is 1. The number of fused-ring (bicyclic) bond motifs is 1. The lowest BCUT2D eigenvalue weighted by Crippen LogP contribution is -2.38. The van der Waals surface area contributed by atoms with E-state index >= 15 is 0 Å². The quantitative estimate of drug-likeness (QED) is 0.447. The molecule has 34 heavy (non-hydrogen) atoms. The van der Waals surface area contributed by atoms with Crippen molar-refractivity contribution < 1.29 is 9.59 Å². The van der Waals surface area contributed by atoms with E-state index in [0.29, 0.717) is 12.2 Å². The number of hydrogen-bond acceptors (Lipinski definition) is 3. The number of nitrogens with zero attached hydrogens (tertiary/aromatic N) is 2. The Balaban J connectivity index is 1.33. The van der Waals surface area contributed by atoms with Gasteiger partial charge in [-0.3, -0.25) is 9.59 Å². The van der Waals surface area contributed by atoms with Gasteiger partial charge in [-0.25, -0.2) is 0 Å². The number of primary amides is 1. The molecule has 6 nitrogen and oxygen atoms in total. The van der Waals surface area contributed by atoms with Crippen molar-refractivity contribution in [2.75, 3.05) is 23.3 Å². The molecule has 3 N–H and O–H groups in total. The number of rotatable bonds is 6. The molecule has 1 aliphatic heterocycles. The number of amides is 2. The van der Waals surface area contributed by atoms with Crippen LogP contribution in [0.15, 0.2) is 84.9 Å². The Hall–Kier alpha value is -4.06. The number of benzene rings is 3. The summed E-state index contributed by atoms with van der Waals surface area (Å²) in [6, 6.07) is 28.1. The molecule has 4 aromatic rings. The predicted octanol–water partition coefficient (Wildman–Crippen LogP) is 4.64. The Morgan fingerprint density at radius 2 is 1.56 bits per heavy atom. The van der Waals surface area contributed by atoms with Crippen LogP contribution < -0.4 is 16.0 Å². The van der Waals surface area contributed by atoms with E-state index in [0.717, 1.165) is 53.8 Å². The highest BCUT2D eigenvalue weighted by atomic mass is 16.2. The van der Waals surface area contributed by atoms with Gasteiger partial charge in [-0.15, -0.1) is 0 Å². The summed E-state index contributed by atoms with van der Waals surface area (Å²) in [5.41, 5.74) is 10.1. The topological polar surface area (TPSA) is 80.4 Å². The van der Waals surface area contributed by atoms with Gasteiger partial charge in [0, 0.05) is 47.8 Å². The van der Waals surface area contributed by atoms with Gasteiger partial charge in [-0.2, -0.15) is 0 Å². The zero-order chi connectivity index (χ0) is 23.5. The summed E-state index contributed by atoms with van der Waals surface area (Å²) in [7, 11) is 0. The van der Waals surface area contributed by atoms with E-state index in [4.69, 9.17) is 5.73 Å². The predicted molar refractivity (Wildman–Crippen MR) is 136 cm³/mol. The Bertz CT molecular complexity index is 1300. The number of carbonyl (C=O) groups is 2. The molecule has 2 heterocycles. The number of anilines is 2. The van der Waals surface area contributed by atoms with Crippen molar-refractivity contribution in [2.24, 2.45) is 11.7 Å². The Labute approximate surface area is 199 Å². The van der Waals surface area contributed by atoms with Gasteiger partial charge in [0.05, 0.1) is 0 Å². The second-order valence-electron chi connectivity index (χ2n) is 8.82. The number of nitrogens with one attached hydrogen (secondary N) is 1. The van der Waals surface area contributed by atoms with Gasteiger partial charge in [0.25, 0.3) is 5.91 Å². The van der Waals surface area contributed by atoms with Gasteiger partial charge in [-0.05, 0) is 54.8 Å². The van der Waals surface area contributed by atoms with Crippen molar-refractivity contribution in [3.63, 3.8) is 0 Å². The van der Waals surface area contributed by atoms with Crippen LogP contribution in [0, 0.1) is 5.92 Å². The summed E-state index contributed by atoms with van der Waals surface area (Å²) in [5, 5.41) is 4.10. The third-order valence-corrected chi connectivity index (χ3v) is 6.61. The molecule has 3 aromatic carbocycles. The van der Waals surface area contributed by atoms with Crippen molar-refractivity contribution in [3.8, 4) is 0 Å². The maximum atomic E-state index is 13.3. The van der Waals surface area contributed by atoms with Gasteiger partial charge >= 0.3 is 0 Å². The normalized spacial score (nSPS) is 14.3. The lowest BCUT2D eigenvalue weighted by Gasteiger charge is -2.32. The van der Waals surface area contributed by atoms with Crippen molar-refractivity contribution in [1.29, 1.82) is 0 Å². The minimum Gasteiger partial charge on any atom is -0.371 e.